The molecule has 0 saturated carbocycles. The van der Waals surface area contributed by atoms with E-state index in [1.54, 1.807) is 18.0 Å². The van der Waals surface area contributed by atoms with Crippen LogP contribution in [0.3, 0.4) is 0 Å². The molecule has 4 nitrogen and oxygen atoms in total. The third kappa shape index (κ3) is 3.17. The van der Waals surface area contributed by atoms with E-state index in [1.165, 1.54) is 0 Å². The molecule has 1 aliphatic rings. The second kappa shape index (κ2) is 5.25. The number of hydrogen-bond donors (Lipinski definition) is 0. The predicted molar refractivity (Wildman–Crippen MR) is 78.0 cm³/mol. The number of rotatable bonds is 2. The zero-order chi connectivity index (χ0) is 14.2. The zero-order valence-corrected chi connectivity index (χ0v) is 13.3. The van der Waals surface area contributed by atoms with E-state index in [0.29, 0.717) is 12.0 Å². The highest BCUT2D eigenvalue weighted by Gasteiger charge is 2.33. The lowest BCUT2D eigenvalue weighted by molar-refractivity contribution is 0.0747. The van der Waals surface area contributed by atoms with Gasteiger partial charge in [0.15, 0.2) is 9.84 Å². The Hall–Kier alpha value is -0.880. The molecule has 1 aromatic carbocycles. The van der Waals surface area contributed by atoms with Crippen LogP contribution in [-0.2, 0) is 9.84 Å². The minimum Gasteiger partial charge on any atom is -0.338 e. The maximum absolute atomic E-state index is 12.4. The van der Waals surface area contributed by atoms with E-state index in [9.17, 15) is 13.2 Å². The van der Waals surface area contributed by atoms with Crippen molar-refractivity contribution >= 4 is 31.7 Å². The van der Waals surface area contributed by atoms with Crippen molar-refractivity contribution in [2.24, 2.45) is 0 Å². The highest BCUT2D eigenvalue weighted by Crippen LogP contribution is 2.21. The summed E-state index contributed by atoms with van der Waals surface area (Å²) < 4.78 is 23.9. The summed E-state index contributed by atoms with van der Waals surface area (Å²) >= 11 is 3.36. The Labute approximate surface area is 121 Å². The van der Waals surface area contributed by atoms with Gasteiger partial charge in [-0.1, -0.05) is 15.9 Å². The van der Waals surface area contributed by atoms with Gasteiger partial charge in [-0.3, -0.25) is 4.79 Å². The Morgan fingerprint density at radius 3 is 2.63 bits per heavy atom. The van der Waals surface area contributed by atoms with Gasteiger partial charge in [0.25, 0.3) is 5.91 Å². The minimum absolute atomic E-state index is 0.0742. The molecule has 1 aliphatic heterocycles. The third-order valence-electron chi connectivity index (χ3n) is 3.50. The van der Waals surface area contributed by atoms with Gasteiger partial charge in [0.05, 0.1) is 11.5 Å². The summed E-state index contributed by atoms with van der Waals surface area (Å²) in [6.07, 6.45) is 0.528. The predicted octanol–water partition coefficient (Wildman–Crippen LogP) is 2.02. The third-order valence-corrected chi connectivity index (χ3v) is 5.74. The molecule has 6 heteroatoms. The topological polar surface area (TPSA) is 54.5 Å². The minimum atomic E-state index is -2.97. The largest absolute Gasteiger partial charge is 0.338 e. The monoisotopic (exact) mass is 345 g/mol. The molecule has 2 rings (SSSR count). The van der Waals surface area contributed by atoms with Gasteiger partial charge >= 0.3 is 0 Å². The fraction of sp³-hybridized carbons (Fsp3) is 0.462. The number of aryl methyl sites for hydroxylation is 1. The fourth-order valence-corrected chi connectivity index (χ4v) is 4.55. The highest BCUT2D eigenvalue weighted by atomic mass is 79.9. The van der Waals surface area contributed by atoms with Gasteiger partial charge in [-0.2, -0.15) is 0 Å². The molecule has 1 saturated heterocycles. The Morgan fingerprint density at radius 1 is 1.42 bits per heavy atom. The van der Waals surface area contributed by atoms with Crippen LogP contribution in [0, 0.1) is 6.92 Å². The molecular weight excluding hydrogens is 330 g/mol. The van der Waals surface area contributed by atoms with E-state index in [0.717, 1.165) is 10.0 Å². The molecule has 0 aliphatic carbocycles. The van der Waals surface area contributed by atoms with Gasteiger partial charge in [-0.25, -0.2) is 8.42 Å². The van der Waals surface area contributed by atoms with Crippen molar-refractivity contribution in [3.05, 3.63) is 33.8 Å². The van der Waals surface area contributed by atoms with Crippen molar-refractivity contribution in [3.8, 4) is 0 Å². The molecule has 1 fully saturated rings. The first-order valence-corrected chi connectivity index (χ1v) is 8.65. The average Bonchev–Trinajstić information content (AvgIpc) is 2.68. The standard InChI is InChI=1S/C13H16BrNO3S/c1-9-7-10(14)3-4-12(9)13(16)15(2)11-5-6-19(17,18)8-11/h3-4,7,11H,5-6,8H2,1-2H3. The Morgan fingerprint density at radius 2 is 2.11 bits per heavy atom. The van der Waals surface area contributed by atoms with Crippen molar-refractivity contribution in [1.29, 1.82) is 0 Å². The average molecular weight is 346 g/mol. The van der Waals surface area contributed by atoms with Crippen LogP contribution in [0.4, 0.5) is 0 Å². The molecule has 1 amide bonds. The number of carbonyl (C=O) groups excluding carboxylic acids is 1. The molecule has 1 atom stereocenters. The van der Waals surface area contributed by atoms with Crippen molar-refractivity contribution in [1.82, 2.24) is 4.90 Å². The number of sulfone groups is 1. The summed E-state index contributed by atoms with van der Waals surface area (Å²) in [6, 6.07) is 5.26. The molecule has 0 bridgehead atoms. The van der Waals surface area contributed by atoms with Crippen molar-refractivity contribution < 1.29 is 13.2 Å². The van der Waals surface area contributed by atoms with Gasteiger partial charge in [0, 0.05) is 23.1 Å². The summed E-state index contributed by atoms with van der Waals surface area (Å²) in [4.78, 5) is 13.9. The molecule has 1 aromatic rings. The van der Waals surface area contributed by atoms with Crippen LogP contribution in [-0.4, -0.2) is 43.8 Å². The SMILES string of the molecule is Cc1cc(Br)ccc1C(=O)N(C)C1CCS(=O)(=O)C1. The van der Waals surface area contributed by atoms with Crippen LogP contribution in [0.5, 0.6) is 0 Å². The summed E-state index contributed by atoms with van der Waals surface area (Å²) in [5.74, 6) is 0.131. The normalized spacial score (nSPS) is 21.3. The number of halogens is 1. The fourth-order valence-electron chi connectivity index (χ4n) is 2.30. The molecule has 0 spiro atoms. The number of carbonyl (C=O) groups is 1. The molecule has 0 N–H and O–H groups in total. The number of hydrogen-bond acceptors (Lipinski definition) is 3. The van der Waals surface area contributed by atoms with Crippen molar-refractivity contribution in [2.45, 2.75) is 19.4 Å². The van der Waals surface area contributed by atoms with E-state index < -0.39 is 9.84 Å². The van der Waals surface area contributed by atoms with E-state index >= 15 is 0 Å². The first-order chi connectivity index (χ1) is 8.80. The molecule has 19 heavy (non-hydrogen) atoms. The summed E-state index contributed by atoms with van der Waals surface area (Å²) in [6.45, 7) is 1.87. The maximum Gasteiger partial charge on any atom is 0.254 e. The lowest BCUT2D eigenvalue weighted by Crippen LogP contribution is -2.38. The summed E-state index contributed by atoms with van der Waals surface area (Å²) in [7, 11) is -1.30. The van der Waals surface area contributed by atoms with Crippen LogP contribution in [0.2, 0.25) is 0 Å². The van der Waals surface area contributed by atoms with Gasteiger partial charge in [0.2, 0.25) is 0 Å². The molecule has 0 radical (unpaired) electrons. The van der Waals surface area contributed by atoms with Crippen LogP contribution in [0.1, 0.15) is 22.3 Å². The molecule has 0 aromatic heterocycles. The number of amides is 1. The van der Waals surface area contributed by atoms with E-state index in [4.69, 9.17) is 0 Å². The first kappa shape index (κ1) is 14.5. The van der Waals surface area contributed by atoms with Gasteiger partial charge in [0.1, 0.15) is 0 Å². The van der Waals surface area contributed by atoms with Crippen molar-refractivity contribution in [3.63, 3.8) is 0 Å². The Bertz CT molecular complexity index is 612. The van der Waals surface area contributed by atoms with E-state index in [2.05, 4.69) is 15.9 Å². The van der Waals surface area contributed by atoms with Crippen LogP contribution >= 0.6 is 15.9 Å². The van der Waals surface area contributed by atoms with Gasteiger partial charge in [-0.15, -0.1) is 0 Å². The maximum atomic E-state index is 12.4. The van der Waals surface area contributed by atoms with Crippen molar-refractivity contribution in [2.75, 3.05) is 18.6 Å². The first-order valence-electron chi connectivity index (χ1n) is 6.04. The second-order valence-electron chi connectivity index (χ2n) is 4.93. The molecular formula is C13H16BrNO3S. The smallest absolute Gasteiger partial charge is 0.254 e. The zero-order valence-electron chi connectivity index (χ0n) is 10.9. The van der Waals surface area contributed by atoms with Crippen LogP contribution in [0.15, 0.2) is 22.7 Å². The molecule has 1 unspecified atom stereocenters. The Kier molecular flexibility index (Phi) is 4.01. The second-order valence-corrected chi connectivity index (χ2v) is 8.08. The number of nitrogens with zero attached hydrogens (tertiary/aromatic N) is 1. The van der Waals surface area contributed by atoms with Crippen LogP contribution < -0.4 is 0 Å². The summed E-state index contributed by atoms with van der Waals surface area (Å²) in [5.41, 5.74) is 1.50. The van der Waals surface area contributed by atoms with E-state index in [-0.39, 0.29) is 23.5 Å². The summed E-state index contributed by atoms with van der Waals surface area (Å²) in [5, 5.41) is 0. The molecule has 104 valence electrons. The van der Waals surface area contributed by atoms with Gasteiger partial charge < -0.3 is 4.90 Å². The Balaban J connectivity index is 2.20. The van der Waals surface area contributed by atoms with Gasteiger partial charge in [-0.05, 0) is 37.1 Å². The van der Waals surface area contributed by atoms with Crippen LogP contribution in [0.25, 0.3) is 0 Å². The highest BCUT2D eigenvalue weighted by molar-refractivity contribution is 9.10. The lowest BCUT2D eigenvalue weighted by Gasteiger charge is -2.24. The quantitative estimate of drug-likeness (QED) is 0.823. The number of benzene rings is 1. The van der Waals surface area contributed by atoms with E-state index in [1.807, 2.05) is 19.1 Å². The lowest BCUT2D eigenvalue weighted by atomic mass is 10.1. The molecule has 1 heterocycles.